The van der Waals surface area contributed by atoms with E-state index < -0.39 is 6.10 Å². The van der Waals surface area contributed by atoms with E-state index in [1.54, 1.807) is 12.3 Å². The molecule has 130 valence electrons. The van der Waals surface area contributed by atoms with Gasteiger partial charge in [0.2, 0.25) is 5.89 Å². The third-order valence-electron chi connectivity index (χ3n) is 5.01. The maximum absolute atomic E-state index is 10.2. The van der Waals surface area contributed by atoms with Crippen LogP contribution in [-0.2, 0) is 0 Å². The molecule has 7 heteroatoms. The number of hydrogen-bond acceptors (Lipinski definition) is 7. The molecule has 1 saturated carbocycles. The molecule has 1 N–H and O–H groups in total. The normalized spacial score (nSPS) is 22.6. The Morgan fingerprint density at radius 3 is 2.75 bits per heavy atom. The molecule has 1 aliphatic carbocycles. The van der Waals surface area contributed by atoms with Gasteiger partial charge in [0.25, 0.3) is 0 Å². The fourth-order valence-corrected chi connectivity index (χ4v) is 3.23. The van der Waals surface area contributed by atoms with Crippen LogP contribution in [0.25, 0.3) is 0 Å². The van der Waals surface area contributed by atoms with E-state index in [9.17, 15) is 5.11 Å². The molecule has 1 aliphatic heterocycles. The van der Waals surface area contributed by atoms with Crippen molar-refractivity contribution in [2.24, 2.45) is 0 Å². The average molecular weight is 332 g/mol. The van der Waals surface area contributed by atoms with Crippen LogP contribution < -0.4 is 0 Å². The Hall–Kier alpha value is -1.70. The molecule has 7 nitrogen and oxygen atoms in total. The monoisotopic (exact) mass is 332 g/mol. The number of hydrogen-bond donors (Lipinski definition) is 1. The highest BCUT2D eigenvalue weighted by atomic mass is 16.5. The van der Waals surface area contributed by atoms with Crippen LogP contribution in [0, 0.1) is 0 Å². The minimum atomic E-state index is -0.569. The maximum atomic E-state index is 10.2. The molecule has 0 amide bonds. The molecule has 0 unspecified atom stereocenters. The number of aliphatic hydroxyl groups excluding tert-OH is 1. The molecule has 0 aromatic carbocycles. The zero-order chi connectivity index (χ0) is 16.5. The largest absolute Gasteiger partial charge is 0.467 e. The summed E-state index contributed by atoms with van der Waals surface area (Å²) in [5.74, 6) is 2.75. The highest BCUT2D eigenvalue weighted by Gasteiger charge is 2.31. The molecule has 0 spiro atoms. The van der Waals surface area contributed by atoms with Gasteiger partial charge in [0.15, 0.2) is 5.82 Å². The number of aromatic nitrogens is 2. The topological polar surface area (TPSA) is 78.8 Å². The Labute approximate surface area is 141 Å². The van der Waals surface area contributed by atoms with E-state index in [0.29, 0.717) is 18.2 Å². The van der Waals surface area contributed by atoms with Crippen molar-refractivity contribution < 1.29 is 14.0 Å². The van der Waals surface area contributed by atoms with Gasteiger partial charge in [0.05, 0.1) is 12.3 Å². The first kappa shape index (κ1) is 15.8. The van der Waals surface area contributed by atoms with Crippen molar-refractivity contribution in [2.75, 3.05) is 32.7 Å². The van der Waals surface area contributed by atoms with Crippen LogP contribution in [0.3, 0.4) is 0 Å². The van der Waals surface area contributed by atoms with Gasteiger partial charge in [-0.25, -0.2) is 0 Å². The second kappa shape index (κ2) is 6.66. The van der Waals surface area contributed by atoms with Crippen LogP contribution in [0.2, 0.25) is 0 Å². The molecular weight excluding hydrogens is 308 g/mol. The molecule has 24 heavy (non-hydrogen) atoms. The summed E-state index contributed by atoms with van der Waals surface area (Å²) in [6.45, 7) is 6.39. The van der Waals surface area contributed by atoms with Gasteiger partial charge >= 0.3 is 0 Å². The lowest BCUT2D eigenvalue weighted by Crippen LogP contribution is -2.48. The number of piperazine rings is 1. The zero-order valence-corrected chi connectivity index (χ0v) is 14.0. The van der Waals surface area contributed by atoms with Crippen molar-refractivity contribution in [3.8, 4) is 0 Å². The lowest BCUT2D eigenvalue weighted by Gasteiger charge is -2.37. The minimum absolute atomic E-state index is 0.141. The summed E-state index contributed by atoms with van der Waals surface area (Å²) < 4.78 is 10.7. The standard InChI is InChI=1S/C17H24N4O3/c1-12(17-18-16(19-24-17)13-4-5-13)21-8-6-20(7-9-21)11-14(22)15-3-2-10-23-15/h2-3,10,12-14,22H,4-9,11H2,1H3/t12-,14-/m1/s1. The lowest BCUT2D eigenvalue weighted by molar-refractivity contribution is 0.0452. The quantitative estimate of drug-likeness (QED) is 0.866. The van der Waals surface area contributed by atoms with E-state index in [0.717, 1.165) is 37.9 Å². The van der Waals surface area contributed by atoms with Gasteiger partial charge in [-0.05, 0) is 31.9 Å². The third kappa shape index (κ3) is 3.38. The highest BCUT2D eigenvalue weighted by molar-refractivity contribution is 5.05. The molecule has 0 radical (unpaired) electrons. The van der Waals surface area contributed by atoms with Gasteiger partial charge in [-0.15, -0.1) is 0 Å². The molecule has 2 atom stereocenters. The Bertz CT molecular complexity index is 645. The van der Waals surface area contributed by atoms with Crippen molar-refractivity contribution in [1.82, 2.24) is 19.9 Å². The van der Waals surface area contributed by atoms with Gasteiger partial charge in [-0.3, -0.25) is 9.80 Å². The number of β-amino-alcohol motifs (C(OH)–C–C–N with tert-alkyl or cyclic N) is 1. The van der Waals surface area contributed by atoms with Crippen LogP contribution in [0.4, 0.5) is 0 Å². The van der Waals surface area contributed by atoms with Crippen molar-refractivity contribution in [2.45, 2.75) is 37.8 Å². The molecule has 2 fully saturated rings. The van der Waals surface area contributed by atoms with Crippen molar-refractivity contribution in [1.29, 1.82) is 0 Å². The predicted molar refractivity (Wildman–Crippen MR) is 86.4 cm³/mol. The van der Waals surface area contributed by atoms with E-state index in [1.165, 1.54) is 12.8 Å². The fourth-order valence-electron chi connectivity index (χ4n) is 3.23. The second-order valence-electron chi connectivity index (χ2n) is 6.81. The molecular formula is C17H24N4O3. The van der Waals surface area contributed by atoms with E-state index in [2.05, 4.69) is 26.9 Å². The summed E-state index contributed by atoms with van der Waals surface area (Å²) in [7, 11) is 0. The molecule has 2 aromatic rings. The van der Waals surface area contributed by atoms with Crippen molar-refractivity contribution in [3.05, 3.63) is 35.9 Å². The molecule has 2 aliphatic rings. The molecule has 2 aromatic heterocycles. The first-order valence-electron chi connectivity index (χ1n) is 8.72. The summed E-state index contributed by atoms with van der Waals surface area (Å²) >= 11 is 0. The van der Waals surface area contributed by atoms with E-state index in [-0.39, 0.29) is 6.04 Å². The smallest absolute Gasteiger partial charge is 0.243 e. The van der Waals surface area contributed by atoms with Crippen molar-refractivity contribution >= 4 is 0 Å². The van der Waals surface area contributed by atoms with Gasteiger partial charge in [-0.1, -0.05) is 5.16 Å². The van der Waals surface area contributed by atoms with Crippen LogP contribution in [0.15, 0.2) is 27.3 Å². The van der Waals surface area contributed by atoms with Crippen LogP contribution in [-0.4, -0.2) is 57.8 Å². The maximum Gasteiger partial charge on any atom is 0.243 e. The summed E-state index contributed by atoms with van der Waals surface area (Å²) in [6.07, 6.45) is 3.40. The molecule has 4 rings (SSSR count). The number of nitrogens with zero attached hydrogens (tertiary/aromatic N) is 4. The third-order valence-corrected chi connectivity index (χ3v) is 5.01. The van der Waals surface area contributed by atoms with E-state index in [4.69, 9.17) is 8.94 Å². The first-order valence-corrected chi connectivity index (χ1v) is 8.72. The Morgan fingerprint density at radius 2 is 2.08 bits per heavy atom. The molecule has 0 bridgehead atoms. The average Bonchev–Trinajstić information content (AvgIpc) is 3.12. The molecule has 1 saturated heterocycles. The number of aliphatic hydroxyl groups is 1. The van der Waals surface area contributed by atoms with Crippen LogP contribution in [0.1, 0.15) is 55.3 Å². The SMILES string of the molecule is C[C@H](c1nc(C2CC2)no1)N1CCN(C[C@@H](O)c2ccco2)CC1. The van der Waals surface area contributed by atoms with Crippen LogP contribution >= 0.6 is 0 Å². The van der Waals surface area contributed by atoms with Crippen molar-refractivity contribution in [3.63, 3.8) is 0 Å². The Balaban J connectivity index is 1.28. The lowest BCUT2D eigenvalue weighted by atomic mass is 10.2. The summed E-state index contributed by atoms with van der Waals surface area (Å²) in [6, 6.07) is 3.76. The van der Waals surface area contributed by atoms with Gasteiger partial charge in [-0.2, -0.15) is 4.98 Å². The van der Waals surface area contributed by atoms with Gasteiger partial charge in [0, 0.05) is 38.6 Å². The summed E-state index contributed by atoms with van der Waals surface area (Å²) in [5, 5.41) is 14.3. The summed E-state index contributed by atoms with van der Waals surface area (Å²) in [5.41, 5.74) is 0. The van der Waals surface area contributed by atoms with E-state index >= 15 is 0 Å². The Morgan fingerprint density at radius 1 is 1.29 bits per heavy atom. The second-order valence-corrected chi connectivity index (χ2v) is 6.81. The Kier molecular flexibility index (Phi) is 4.39. The zero-order valence-electron chi connectivity index (χ0n) is 14.0. The van der Waals surface area contributed by atoms with Crippen LogP contribution in [0.5, 0.6) is 0 Å². The fraction of sp³-hybridized carbons (Fsp3) is 0.647. The number of rotatable bonds is 6. The predicted octanol–water partition coefficient (Wildman–Crippen LogP) is 1.95. The first-order chi connectivity index (χ1) is 11.7. The van der Waals surface area contributed by atoms with Gasteiger partial charge in [0.1, 0.15) is 11.9 Å². The number of furan rings is 1. The van der Waals surface area contributed by atoms with E-state index in [1.807, 2.05) is 6.07 Å². The molecule has 3 heterocycles. The summed E-state index contributed by atoms with van der Waals surface area (Å²) in [4.78, 5) is 9.19. The highest BCUT2D eigenvalue weighted by Crippen LogP contribution is 2.38. The minimum Gasteiger partial charge on any atom is -0.467 e. The van der Waals surface area contributed by atoms with Gasteiger partial charge < -0.3 is 14.0 Å².